The van der Waals surface area contributed by atoms with Crippen molar-refractivity contribution in [2.45, 2.75) is 57.8 Å². The lowest BCUT2D eigenvalue weighted by molar-refractivity contribution is -0.138. The molecule has 0 radical (unpaired) electrons. The molecule has 0 bridgehead atoms. The molecule has 182 valence electrons. The van der Waals surface area contributed by atoms with Gasteiger partial charge in [0.1, 0.15) is 0 Å². The zero-order chi connectivity index (χ0) is 24.5. The number of hydrogen-bond donors (Lipinski definition) is 0. The normalized spacial score (nSPS) is 17.7. The lowest BCUT2D eigenvalue weighted by Gasteiger charge is -2.20. The van der Waals surface area contributed by atoms with Crippen molar-refractivity contribution in [2.75, 3.05) is 19.6 Å². The van der Waals surface area contributed by atoms with Crippen LogP contribution in [0.1, 0.15) is 57.8 Å². The van der Waals surface area contributed by atoms with Gasteiger partial charge in [0.05, 0.1) is 0 Å². The van der Waals surface area contributed by atoms with E-state index < -0.39 is 0 Å². The quantitative estimate of drug-likeness (QED) is 0.267. The van der Waals surface area contributed by atoms with Crippen LogP contribution in [0.4, 0.5) is 0 Å². The lowest BCUT2D eigenvalue weighted by Crippen LogP contribution is -2.31. The van der Waals surface area contributed by atoms with E-state index in [9.17, 15) is 28.8 Å². The molecule has 0 aromatic carbocycles. The summed E-state index contributed by atoms with van der Waals surface area (Å²) in [6, 6.07) is 0. The summed E-state index contributed by atoms with van der Waals surface area (Å²) in [6.45, 7) is 1.24. The molecule has 3 heterocycles. The van der Waals surface area contributed by atoms with Crippen LogP contribution in [-0.2, 0) is 28.8 Å². The summed E-state index contributed by atoms with van der Waals surface area (Å²) in [6.07, 6.45) is 15.4. The first-order valence-corrected chi connectivity index (χ1v) is 12.0. The number of carbonyl (C=O) groups excluding carboxylic acids is 6. The highest BCUT2D eigenvalue weighted by atomic mass is 16.2. The van der Waals surface area contributed by atoms with E-state index in [0.29, 0.717) is 25.6 Å². The average Bonchev–Trinajstić information content (AvgIpc) is 3.43. The van der Waals surface area contributed by atoms with E-state index >= 15 is 0 Å². The SMILES string of the molecule is O=C1C=CC(=O)N1CCCCC(CCCCN1C(=O)C=CC1=O)CCCCN1C(=O)C=CC1=O. The summed E-state index contributed by atoms with van der Waals surface area (Å²) in [5.41, 5.74) is 0. The summed E-state index contributed by atoms with van der Waals surface area (Å²) in [5.74, 6) is -1.16. The number of imide groups is 3. The van der Waals surface area contributed by atoms with Crippen molar-refractivity contribution in [1.82, 2.24) is 14.7 Å². The van der Waals surface area contributed by atoms with Crippen molar-refractivity contribution >= 4 is 35.4 Å². The second kappa shape index (κ2) is 12.2. The molecule has 0 aromatic heterocycles. The van der Waals surface area contributed by atoms with Crippen molar-refractivity contribution in [3.8, 4) is 0 Å². The van der Waals surface area contributed by atoms with Crippen LogP contribution in [0.25, 0.3) is 0 Å². The second-order valence-electron chi connectivity index (χ2n) is 8.84. The van der Waals surface area contributed by atoms with Gasteiger partial charge in [-0.2, -0.15) is 0 Å². The molecule has 0 unspecified atom stereocenters. The van der Waals surface area contributed by atoms with Gasteiger partial charge in [-0.1, -0.05) is 38.5 Å². The zero-order valence-electron chi connectivity index (χ0n) is 19.3. The van der Waals surface area contributed by atoms with Crippen LogP contribution >= 0.6 is 0 Å². The van der Waals surface area contributed by atoms with E-state index in [2.05, 4.69) is 0 Å². The van der Waals surface area contributed by atoms with Crippen molar-refractivity contribution in [3.63, 3.8) is 0 Å². The molecule has 0 aromatic rings. The molecule has 0 saturated carbocycles. The third-order valence-corrected chi connectivity index (χ3v) is 6.43. The number of amides is 6. The predicted octanol–water partition coefficient (Wildman–Crippen LogP) is 1.89. The molecule has 0 aliphatic carbocycles. The Kier molecular flexibility index (Phi) is 9.07. The molecule has 0 atom stereocenters. The summed E-state index contributed by atoms with van der Waals surface area (Å²) in [5, 5.41) is 0. The Balaban J connectivity index is 1.38. The third-order valence-electron chi connectivity index (χ3n) is 6.43. The highest BCUT2D eigenvalue weighted by Crippen LogP contribution is 2.23. The molecule has 9 heteroatoms. The van der Waals surface area contributed by atoms with E-state index in [1.807, 2.05) is 0 Å². The van der Waals surface area contributed by atoms with Crippen LogP contribution in [-0.4, -0.2) is 69.8 Å². The Bertz CT molecular complexity index is 762. The van der Waals surface area contributed by atoms with Gasteiger partial charge in [-0.25, -0.2) is 0 Å². The molecule has 0 spiro atoms. The van der Waals surface area contributed by atoms with Crippen LogP contribution in [0.5, 0.6) is 0 Å². The van der Waals surface area contributed by atoms with E-state index in [1.165, 1.54) is 51.2 Å². The minimum absolute atomic E-state index is 0.262. The van der Waals surface area contributed by atoms with Crippen molar-refractivity contribution in [3.05, 3.63) is 36.5 Å². The standard InChI is InChI=1S/C25H31N3O6/c29-20-10-11-21(30)26(20)16-4-1-7-19(8-2-5-17-27-22(31)12-13-23(27)32)9-3-6-18-28-24(33)14-15-25(28)34/h10-15,19H,1-9,16-18H2. The third kappa shape index (κ3) is 6.82. The summed E-state index contributed by atoms with van der Waals surface area (Å²) in [7, 11) is 0. The highest BCUT2D eigenvalue weighted by Gasteiger charge is 2.24. The van der Waals surface area contributed by atoms with Crippen LogP contribution in [0, 0.1) is 5.92 Å². The first-order chi connectivity index (χ1) is 16.4. The van der Waals surface area contributed by atoms with Crippen molar-refractivity contribution < 1.29 is 28.8 Å². The van der Waals surface area contributed by atoms with Gasteiger partial charge in [0, 0.05) is 56.1 Å². The van der Waals surface area contributed by atoms with Gasteiger partial charge in [0.25, 0.3) is 35.4 Å². The van der Waals surface area contributed by atoms with Crippen LogP contribution in [0.3, 0.4) is 0 Å². The minimum atomic E-state index is -0.262. The van der Waals surface area contributed by atoms with Gasteiger partial charge in [0.2, 0.25) is 0 Å². The molecule has 0 saturated heterocycles. The van der Waals surface area contributed by atoms with Gasteiger partial charge in [0.15, 0.2) is 0 Å². The Morgan fingerprint density at radius 1 is 0.412 bits per heavy atom. The highest BCUT2D eigenvalue weighted by molar-refractivity contribution is 6.13. The Morgan fingerprint density at radius 3 is 0.882 bits per heavy atom. The number of hydrogen-bond acceptors (Lipinski definition) is 6. The Morgan fingerprint density at radius 2 is 0.647 bits per heavy atom. The molecule has 6 amide bonds. The molecule has 3 aliphatic rings. The van der Waals surface area contributed by atoms with Gasteiger partial charge in [-0.3, -0.25) is 43.5 Å². The Hall–Kier alpha value is -3.36. The molecule has 9 nitrogen and oxygen atoms in total. The average molecular weight is 470 g/mol. The summed E-state index contributed by atoms with van der Waals surface area (Å²) in [4.78, 5) is 73.8. The van der Waals surface area contributed by atoms with Gasteiger partial charge >= 0.3 is 0 Å². The first-order valence-electron chi connectivity index (χ1n) is 12.0. The molecule has 3 aliphatic heterocycles. The fourth-order valence-electron chi connectivity index (χ4n) is 4.50. The molecule has 0 fully saturated rings. The molecule has 0 N–H and O–H groups in total. The maximum atomic E-state index is 11.7. The van der Waals surface area contributed by atoms with Gasteiger partial charge in [-0.15, -0.1) is 0 Å². The van der Waals surface area contributed by atoms with Gasteiger partial charge < -0.3 is 0 Å². The minimum Gasteiger partial charge on any atom is -0.275 e. The maximum Gasteiger partial charge on any atom is 0.253 e. The van der Waals surface area contributed by atoms with E-state index in [0.717, 1.165) is 57.8 Å². The molecular formula is C25H31N3O6. The largest absolute Gasteiger partial charge is 0.275 e. The van der Waals surface area contributed by atoms with E-state index in [1.54, 1.807) is 0 Å². The maximum absolute atomic E-state index is 11.7. The molecule has 34 heavy (non-hydrogen) atoms. The molecular weight excluding hydrogens is 438 g/mol. The number of unbranched alkanes of at least 4 members (excludes halogenated alkanes) is 3. The predicted molar refractivity (Wildman–Crippen MR) is 123 cm³/mol. The fourth-order valence-corrected chi connectivity index (χ4v) is 4.50. The van der Waals surface area contributed by atoms with Crippen LogP contribution < -0.4 is 0 Å². The van der Waals surface area contributed by atoms with Gasteiger partial charge in [-0.05, 0) is 25.2 Å². The number of nitrogens with zero attached hydrogens (tertiary/aromatic N) is 3. The first kappa shape index (κ1) is 25.3. The second-order valence-corrected chi connectivity index (χ2v) is 8.84. The summed E-state index contributed by atoms with van der Waals surface area (Å²) < 4.78 is 0. The van der Waals surface area contributed by atoms with E-state index in [-0.39, 0.29) is 35.4 Å². The van der Waals surface area contributed by atoms with Crippen LogP contribution in [0.2, 0.25) is 0 Å². The van der Waals surface area contributed by atoms with Crippen LogP contribution in [0.15, 0.2) is 36.5 Å². The zero-order valence-corrected chi connectivity index (χ0v) is 19.3. The number of rotatable bonds is 15. The van der Waals surface area contributed by atoms with E-state index in [4.69, 9.17) is 0 Å². The smallest absolute Gasteiger partial charge is 0.253 e. The summed E-state index contributed by atoms with van der Waals surface area (Å²) >= 11 is 0. The topological polar surface area (TPSA) is 112 Å². The number of carbonyl (C=O) groups is 6. The lowest BCUT2D eigenvalue weighted by atomic mass is 9.90. The van der Waals surface area contributed by atoms with Crippen molar-refractivity contribution in [2.24, 2.45) is 5.92 Å². The molecule has 3 rings (SSSR count). The Labute approximate surface area is 199 Å². The fraction of sp³-hybridized carbons (Fsp3) is 0.520. The van der Waals surface area contributed by atoms with Crippen molar-refractivity contribution in [1.29, 1.82) is 0 Å². The monoisotopic (exact) mass is 469 g/mol.